The van der Waals surface area contributed by atoms with Crippen molar-refractivity contribution in [2.75, 3.05) is 19.8 Å². The van der Waals surface area contributed by atoms with Gasteiger partial charge in [0.2, 0.25) is 18.3 Å². The zero-order valence-corrected chi connectivity index (χ0v) is 11.3. The number of nitrogens with zero attached hydrogens (tertiary/aromatic N) is 2. The molecular weight excluding hydrogens is 248 g/mol. The molecule has 2 heterocycles. The van der Waals surface area contributed by atoms with Gasteiger partial charge in [0.25, 0.3) is 0 Å². The first-order chi connectivity index (χ1) is 8.72. The Morgan fingerprint density at radius 2 is 2.28 bits per heavy atom. The van der Waals surface area contributed by atoms with Crippen LogP contribution in [0.2, 0.25) is 0 Å². The summed E-state index contributed by atoms with van der Waals surface area (Å²) in [6.07, 6.45) is 1.65. The van der Waals surface area contributed by atoms with Gasteiger partial charge in [-0.05, 0) is 25.5 Å². The number of carbonyl (C=O) groups excluding carboxylic acids is 1. The van der Waals surface area contributed by atoms with E-state index in [1.165, 1.54) is 0 Å². The van der Waals surface area contributed by atoms with E-state index >= 15 is 0 Å². The van der Waals surface area contributed by atoms with Crippen LogP contribution in [0.15, 0.2) is 29.2 Å². The summed E-state index contributed by atoms with van der Waals surface area (Å²) >= 11 is 1.69. The molecule has 4 nitrogen and oxygen atoms in total. The Kier molecular flexibility index (Phi) is 2.95. The van der Waals surface area contributed by atoms with Gasteiger partial charge in [0.05, 0.1) is 0 Å². The second-order valence-electron chi connectivity index (χ2n) is 4.66. The number of benzene rings is 1. The number of amides is 1. The van der Waals surface area contributed by atoms with Gasteiger partial charge < -0.3 is 0 Å². The summed E-state index contributed by atoms with van der Waals surface area (Å²) in [5, 5.41) is 0. The van der Waals surface area contributed by atoms with Gasteiger partial charge >= 0.3 is 0 Å². The van der Waals surface area contributed by atoms with Crippen LogP contribution >= 0.6 is 11.9 Å². The lowest BCUT2D eigenvalue weighted by molar-refractivity contribution is -0.967. The fourth-order valence-electron chi connectivity index (χ4n) is 2.38. The van der Waals surface area contributed by atoms with Gasteiger partial charge in [0.15, 0.2) is 11.9 Å². The summed E-state index contributed by atoms with van der Waals surface area (Å²) in [6, 6.07) is 8.06. The molecule has 1 fully saturated rings. The Morgan fingerprint density at radius 1 is 1.44 bits per heavy atom. The van der Waals surface area contributed by atoms with Crippen LogP contribution in [0.3, 0.4) is 0 Å². The molecule has 1 aromatic rings. The Hall–Kier alpha value is -1.20. The number of quaternary nitrogens is 1. The molecule has 1 unspecified atom stereocenters. The van der Waals surface area contributed by atoms with Crippen molar-refractivity contribution in [3.63, 3.8) is 0 Å². The molecule has 2 aliphatic heterocycles. The summed E-state index contributed by atoms with van der Waals surface area (Å²) in [4.78, 5) is 20.9. The van der Waals surface area contributed by atoms with Gasteiger partial charge in [-0.25, -0.2) is 0 Å². The molecule has 1 saturated heterocycles. The molecule has 0 aliphatic carbocycles. The fraction of sp³-hybridized carbons (Fsp3) is 0.462. The van der Waals surface area contributed by atoms with Crippen LogP contribution < -0.4 is 4.84 Å². The van der Waals surface area contributed by atoms with Crippen molar-refractivity contribution in [3.05, 3.63) is 24.3 Å². The minimum Gasteiger partial charge on any atom is -0.300 e. The maximum atomic E-state index is 11.7. The van der Waals surface area contributed by atoms with Crippen LogP contribution in [-0.2, 0) is 4.79 Å². The Balaban J connectivity index is 1.79. The maximum Gasteiger partial charge on any atom is 0.227 e. The molecular formula is C13H17N2O2S+. The number of fused-ring (bicyclic) bond motifs is 1. The van der Waals surface area contributed by atoms with Crippen LogP contribution in [0.4, 0.5) is 0 Å². The molecule has 1 atom stereocenters. The Bertz CT molecular complexity index is 453. The fourth-order valence-corrected chi connectivity index (χ4v) is 3.52. The SMILES string of the molecule is CC[N+]1(CN2CCCC2=O)Oc2ccccc2S1. The first kappa shape index (κ1) is 11.9. The van der Waals surface area contributed by atoms with Crippen LogP contribution in [0.1, 0.15) is 19.8 Å². The average Bonchev–Trinajstić information content (AvgIpc) is 2.94. The van der Waals surface area contributed by atoms with Crippen molar-refractivity contribution >= 4 is 17.9 Å². The van der Waals surface area contributed by atoms with Crippen LogP contribution in [0.25, 0.3) is 0 Å². The van der Waals surface area contributed by atoms with Gasteiger partial charge in [-0.1, -0.05) is 16.2 Å². The van der Waals surface area contributed by atoms with Gasteiger partial charge in [0, 0.05) is 13.0 Å². The van der Waals surface area contributed by atoms with Gasteiger partial charge in [0.1, 0.15) is 11.4 Å². The summed E-state index contributed by atoms with van der Waals surface area (Å²) < 4.78 is 0.436. The molecule has 0 spiro atoms. The van der Waals surface area contributed by atoms with E-state index in [2.05, 4.69) is 13.0 Å². The number of likely N-dealkylation sites (tertiary alicyclic amines) is 1. The molecule has 0 N–H and O–H groups in total. The topological polar surface area (TPSA) is 29.5 Å². The van der Waals surface area contributed by atoms with Crippen molar-refractivity contribution in [2.24, 2.45) is 0 Å². The molecule has 0 saturated carbocycles. The van der Waals surface area contributed by atoms with Gasteiger partial charge in [-0.2, -0.15) is 0 Å². The quantitative estimate of drug-likeness (QED) is 0.621. The van der Waals surface area contributed by atoms with Crippen LogP contribution in [-0.4, -0.2) is 34.6 Å². The molecule has 1 aromatic carbocycles. The number of hydrogen-bond donors (Lipinski definition) is 0. The average molecular weight is 265 g/mol. The van der Waals surface area contributed by atoms with Crippen molar-refractivity contribution in [3.8, 4) is 5.75 Å². The largest absolute Gasteiger partial charge is 0.300 e. The number of rotatable bonds is 3. The molecule has 5 heteroatoms. The Morgan fingerprint density at radius 3 is 2.94 bits per heavy atom. The summed E-state index contributed by atoms with van der Waals surface area (Å²) in [7, 11) is 0. The number of hydroxylamine groups is 2. The molecule has 0 bridgehead atoms. The van der Waals surface area contributed by atoms with E-state index in [9.17, 15) is 4.79 Å². The summed E-state index contributed by atoms with van der Waals surface area (Å²) in [5.41, 5.74) is 0. The number of hydrogen-bond acceptors (Lipinski definition) is 3. The van der Waals surface area contributed by atoms with Crippen molar-refractivity contribution in [1.29, 1.82) is 0 Å². The highest BCUT2D eigenvalue weighted by atomic mass is 32.2. The van der Waals surface area contributed by atoms with Crippen molar-refractivity contribution in [1.82, 2.24) is 4.90 Å². The lowest BCUT2D eigenvalue weighted by atomic mass is 10.3. The zero-order valence-electron chi connectivity index (χ0n) is 10.5. The summed E-state index contributed by atoms with van der Waals surface area (Å²) in [5.74, 6) is 1.18. The van der Waals surface area contributed by atoms with Crippen LogP contribution in [0, 0.1) is 0 Å². The number of carbonyl (C=O) groups is 1. The van der Waals surface area contributed by atoms with E-state index in [1.54, 1.807) is 11.9 Å². The predicted octanol–water partition coefficient (Wildman–Crippen LogP) is 2.42. The lowest BCUT2D eigenvalue weighted by Gasteiger charge is -2.30. The molecule has 18 heavy (non-hydrogen) atoms. The van der Waals surface area contributed by atoms with E-state index < -0.39 is 0 Å². The molecule has 3 rings (SSSR count). The third-order valence-corrected chi connectivity index (χ3v) is 4.73. The zero-order chi connectivity index (χ0) is 12.6. The minimum absolute atomic E-state index is 0.251. The van der Waals surface area contributed by atoms with E-state index in [0.29, 0.717) is 17.1 Å². The highest BCUT2D eigenvalue weighted by molar-refractivity contribution is 7.94. The third-order valence-electron chi connectivity index (χ3n) is 3.42. The normalized spacial score (nSPS) is 26.3. The van der Waals surface area contributed by atoms with E-state index in [-0.39, 0.29) is 5.91 Å². The monoisotopic (exact) mass is 265 g/mol. The van der Waals surface area contributed by atoms with Gasteiger partial charge in [-0.15, -0.1) is 0 Å². The predicted molar refractivity (Wildman–Crippen MR) is 69.5 cm³/mol. The van der Waals surface area contributed by atoms with Gasteiger partial charge in [-0.3, -0.25) is 14.5 Å². The van der Waals surface area contributed by atoms with E-state index in [0.717, 1.165) is 30.2 Å². The standard InChI is InChI=1S/C13H17N2O2S/c1-2-15(10-14-9-5-8-13(14)16)17-11-6-3-4-7-12(11)18-15/h3-4,6-7H,2,5,8-10H2,1H3/q+1. The highest BCUT2D eigenvalue weighted by Gasteiger charge is 2.43. The highest BCUT2D eigenvalue weighted by Crippen LogP contribution is 2.45. The second kappa shape index (κ2) is 4.48. The van der Waals surface area contributed by atoms with E-state index in [4.69, 9.17) is 4.84 Å². The molecule has 96 valence electrons. The molecule has 0 radical (unpaired) electrons. The smallest absolute Gasteiger partial charge is 0.227 e. The Labute approximate surface area is 111 Å². The first-order valence-corrected chi connectivity index (χ1v) is 7.13. The second-order valence-corrected chi connectivity index (χ2v) is 5.95. The van der Waals surface area contributed by atoms with E-state index in [1.807, 2.05) is 23.1 Å². The van der Waals surface area contributed by atoms with Crippen molar-refractivity contribution in [2.45, 2.75) is 24.7 Å². The first-order valence-electron chi connectivity index (χ1n) is 6.35. The number of para-hydroxylation sites is 1. The molecule has 2 aliphatic rings. The van der Waals surface area contributed by atoms with Crippen molar-refractivity contribution < 1.29 is 13.7 Å². The molecule has 0 aromatic heterocycles. The summed E-state index contributed by atoms with van der Waals surface area (Å²) in [6.45, 7) is 4.43. The minimum atomic E-state index is 0.251. The molecule has 1 amide bonds. The van der Waals surface area contributed by atoms with Crippen LogP contribution in [0.5, 0.6) is 5.75 Å². The third kappa shape index (κ3) is 1.97. The maximum absolute atomic E-state index is 11.7. The lowest BCUT2D eigenvalue weighted by Crippen LogP contribution is -2.49.